The molecule has 1 aromatic carbocycles. The number of oxazole rings is 1. The lowest BCUT2D eigenvalue weighted by Gasteiger charge is -2.25. The predicted molar refractivity (Wildman–Crippen MR) is 103 cm³/mol. The number of halogens is 5. The molecule has 2 aromatic rings. The average Bonchev–Trinajstić information content (AvgIpc) is 3.14. The minimum atomic E-state index is -5.08. The number of amides is 1. The summed E-state index contributed by atoms with van der Waals surface area (Å²) >= 11 is 0. The van der Waals surface area contributed by atoms with Crippen LogP contribution in [0.25, 0.3) is 0 Å². The van der Waals surface area contributed by atoms with Crippen molar-refractivity contribution in [3.05, 3.63) is 52.7 Å². The van der Waals surface area contributed by atoms with Crippen molar-refractivity contribution < 1.29 is 45.8 Å². The van der Waals surface area contributed by atoms with E-state index < -0.39 is 29.7 Å². The number of nitrogens with one attached hydrogen (secondary N) is 1. The Balaban J connectivity index is 0.000000479. The normalized spacial score (nSPS) is 14.6. The highest BCUT2D eigenvalue weighted by atomic mass is 19.4. The first-order valence-corrected chi connectivity index (χ1v) is 9.65. The Morgan fingerprint density at radius 2 is 2.00 bits per heavy atom. The molecule has 1 aromatic heterocycles. The van der Waals surface area contributed by atoms with Crippen LogP contribution < -0.4 is 5.32 Å². The topological polar surface area (TPSA) is 105 Å². The van der Waals surface area contributed by atoms with E-state index in [9.17, 15) is 26.7 Å². The molecule has 182 valence electrons. The summed E-state index contributed by atoms with van der Waals surface area (Å²) < 4.78 is 69.4. The summed E-state index contributed by atoms with van der Waals surface area (Å²) in [7, 11) is 1.56. The molecule has 0 saturated carbocycles. The van der Waals surface area contributed by atoms with Gasteiger partial charge in [0.2, 0.25) is 0 Å². The summed E-state index contributed by atoms with van der Waals surface area (Å²) in [4.78, 5) is 27.3. The van der Waals surface area contributed by atoms with Crippen molar-refractivity contribution in [2.45, 2.75) is 38.7 Å². The van der Waals surface area contributed by atoms with Gasteiger partial charge in [-0.25, -0.2) is 18.6 Å². The molecule has 1 aliphatic heterocycles. The van der Waals surface area contributed by atoms with Crippen molar-refractivity contribution in [2.75, 3.05) is 20.3 Å². The molecule has 0 unspecified atom stereocenters. The van der Waals surface area contributed by atoms with Crippen LogP contribution in [0.4, 0.5) is 22.0 Å². The summed E-state index contributed by atoms with van der Waals surface area (Å²) in [6, 6.07) is 3.26. The van der Waals surface area contributed by atoms with Gasteiger partial charge < -0.3 is 19.6 Å². The molecule has 13 heteroatoms. The average molecular weight is 479 g/mol. The van der Waals surface area contributed by atoms with E-state index in [2.05, 4.69) is 10.3 Å². The van der Waals surface area contributed by atoms with Crippen LogP contribution in [0, 0.1) is 11.6 Å². The quantitative estimate of drug-likeness (QED) is 0.614. The number of methoxy groups -OCH3 is 1. The first-order chi connectivity index (χ1) is 15.4. The van der Waals surface area contributed by atoms with Gasteiger partial charge in [0, 0.05) is 44.8 Å². The van der Waals surface area contributed by atoms with Crippen LogP contribution >= 0.6 is 0 Å². The van der Waals surface area contributed by atoms with Crippen LogP contribution in [0.1, 0.15) is 34.6 Å². The van der Waals surface area contributed by atoms with Crippen LogP contribution in [-0.2, 0) is 29.0 Å². The number of nitrogens with zero attached hydrogens (tertiary/aromatic N) is 2. The number of hydrogen-bond donors (Lipinski definition) is 2. The van der Waals surface area contributed by atoms with Crippen molar-refractivity contribution >= 4 is 11.9 Å². The van der Waals surface area contributed by atoms with Gasteiger partial charge in [-0.2, -0.15) is 13.2 Å². The van der Waals surface area contributed by atoms with Gasteiger partial charge in [0.05, 0.1) is 12.3 Å². The zero-order valence-electron chi connectivity index (χ0n) is 17.7. The molecule has 0 bridgehead atoms. The number of carboxylic acids is 1. The maximum Gasteiger partial charge on any atom is 0.490 e. The number of aliphatic carboxylic acids is 1. The Morgan fingerprint density at radius 1 is 1.33 bits per heavy atom. The number of alkyl halides is 3. The second kappa shape index (κ2) is 11.2. The summed E-state index contributed by atoms with van der Waals surface area (Å²) in [5, 5.41) is 9.87. The van der Waals surface area contributed by atoms with E-state index in [1.807, 2.05) is 11.8 Å². The van der Waals surface area contributed by atoms with Gasteiger partial charge in [0.25, 0.3) is 5.89 Å². The lowest BCUT2D eigenvalue weighted by Crippen LogP contribution is -2.35. The van der Waals surface area contributed by atoms with E-state index in [0.29, 0.717) is 43.1 Å². The molecule has 2 heterocycles. The second-order valence-electron chi connectivity index (χ2n) is 7.22. The maximum atomic E-state index is 13.8. The SMILES string of the molecule is COC[C@H](C)NC(=O)c1nc2c(o1)CCN(Cc1cc(F)ccc1F)C2.O=C(O)C(F)(F)F. The van der Waals surface area contributed by atoms with E-state index in [-0.39, 0.29) is 18.5 Å². The highest BCUT2D eigenvalue weighted by Crippen LogP contribution is 2.22. The van der Waals surface area contributed by atoms with Crippen LogP contribution in [-0.4, -0.2) is 59.3 Å². The van der Waals surface area contributed by atoms with E-state index in [1.165, 1.54) is 6.07 Å². The molecule has 1 amide bonds. The number of rotatable bonds is 6. The first-order valence-electron chi connectivity index (χ1n) is 9.65. The molecule has 0 spiro atoms. The third kappa shape index (κ3) is 7.79. The highest BCUT2D eigenvalue weighted by molar-refractivity contribution is 5.89. The Morgan fingerprint density at radius 3 is 2.61 bits per heavy atom. The van der Waals surface area contributed by atoms with Crippen LogP contribution in [0.5, 0.6) is 0 Å². The summed E-state index contributed by atoms with van der Waals surface area (Å²) in [5.74, 6) is -3.39. The second-order valence-corrected chi connectivity index (χ2v) is 7.22. The fraction of sp³-hybridized carbons (Fsp3) is 0.450. The smallest absolute Gasteiger partial charge is 0.475 e. The van der Waals surface area contributed by atoms with Crippen molar-refractivity contribution in [2.24, 2.45) is 0 Å². The van der Waals surface area contributed by atoms with E-state index in [1.54, 1.807) is 7.11 Å². The van der Waals surface area contributed by atoms with Crippen molar-refractivity contribution in [1.29, 1.82) is 0 Å². The molecule has 0 fully saturated rings. The van der Waals surface area contributed by atoms with Crippen molar-refractivity contribution in [3.63, 3.8) is 0 Å². The first kappa shape index (κ1) is 26.2. The van der Waals surface area contributed by atoms with Gasteiger partial charge in [0.15, 0.2) is 0 Å². The summed E-state index contributed by atoms with van der Waals surface area (Å²) in [5.41, 5.74) is 0.945. The number of fused-ring (bicyclic) bond motifs is 1. The third-order valence-corrected chi connectivity index (χ3v) is 4.44. The van der Waals surface area contributed by atoms with Crippen LogP contribution in [0.15, 0.2) is 22.6 Å². The molecule has 2 N–H and O–H groups in total. The Hall–Kier alpha value is -3.06. The minimum absolute atomic E-state index is 0.0109. The summed E-state index contributed by atoms with van der Waals surface area (Å²) in [6.07, 6.45) is -4.53. The van der Waals surface area contributed by atoms with E-state index >= 15 is 0 Å². The monoisotopic (exact) mass is 479 g/mol. The zero-order chi connectivity index (χ0) is 24.8. The number of ether oxygens (including phenoxy) is 1. The van der Waals surface area contributed by atoms with Gasteiger partial charge in [0.1, 0.15) is 17.4 Å². The van der Waals surface area contributed by atoms with Crippen LogP contribution in [0.2, 0.25) is 0 Å². The number of carbonyl (C=O) groups excluding carboxylic acids is 1. The lowest BCUT2D eigenvalue weighted by molar-refractivity contribution is -0.192. The third-order valence-electron chi connectivity index (χ3n) is 4.44. The zero-order valence-corrected chi connectivity index (χ0v) is 17.7. The lowest BCUT2D eigenvalue weighted by atomic mass is 10.1. The highest BCUT2D eigenvalue weighted by Gasteiger charge is 2.38. The Kier molecular flexibility index (Phi) is 8.88. The van der Waals surface area contributed by atoms with Crippen LogP contribution in [0.3, 0.4) is 0 Å². The number of carboxylic acid groups (broad SMARTS) is 1. The number of hydrogen-bond acceptors (Lipinski definition) is 6. The number of benzene rings is 1. The molecule has 1 aliphatic rings. The van der Waals surface area contributed by atoms with Gasteiger partial charge in [-0.15, -0.1) is 0 Å². The molecule has 33 heavy (non-hydrogen) atoms. The molecule has 3 rings (SSSR count). The van der Waals surface area contributed by atoms with Gasteiger partial charge in [-0.1, -0.05) is 0 Å². The molecule has 0 saturated heterocycles. The molecule has 8 nitrogen and oxygen atoms in total. The van der Waals surface area contributed by atoms with E-state index in [4.69, 9.17) is 19.1 Å². The van der Waals surface area contributed by atoms with Crippen molar-refractivity contribution in [1.82, 2.24) is 15.2 Å². The fourth-order valence-corrected chi connectivity index (χ4v) is 2.97. The van der Waals surface area contributed by atoms with Gasteiger partial charge in [-0.3, -0.25) is 9.69 Å². The molecular formula is C20H22F5N3O5. The maximum absolute atomic E-state index is 13.8. The molecule has 0 aliphatic carbocycles. The Labute approximate surface area is 185 Å². The predicted octanol–water partition coefficient (Wildman–Crippen LogP) is 2.91. The largest absolute Gasteiger partial charge is 0.490 e. The number of aromatic nitrogens is 1. The standard InChI is InChI=1S/C18H21F2N3O3.C2HF3O2/c1-11(10-25-2)21-17(24)18-22-15-9-23(6-5-16(15)26-18)8-12-7-13(19)3-4-14(12)20;3-2(4,5)1(6)7/h3-4,7,11H,5-6,8-10H2,1-2H3,(H,21,24);(H,6,7)/t11-;/m0./s1. The number of carbonyl (C=O) groups is 2. The molecule has 1 atom stereocenters. The Bertz CT molecular complexity index is 979. The van der Waals surface area contributed by atoms with Gasteiger partial charge in [-0.05, 0) is 25.1 Å². The fourth-order valence-electron chi connectivity index (χ4n) is 2.97. The van der Waals surface area contributed by atoms with Crippen molar-refractivity contribution in [3.8, 4) is 0 Å². The minimum Gasteiger partial charge on any atom is -0.475 e. The van der Waals surface area contributed by atoms with E-state index in [0.717, 1.165) is 12.1 Å². The molecule has 0 radical (unpaired) electrons. The van der Waals surface area contributed by atoms with Gasteiger partial charge >= 0.3 is 18.1 Å². The molecular weight excluding hydrogens is 457 g/mol. The summed E-state index contributed by atoms with van der Waals surface area (Å²) in [6.45, 7) is 3.50.